The molecule has 23 heavy (non-hydrogen) atoms. The van der Waals surface area contributed by atoms with E-state index in [2.05, 4.69) is 24.3 Å². The van der Waals surface area contributed by atoms with Crippen LogP contribution in [0.4, 0.5) is 0 Å². The van der Waals surface area contributed by atoms with Crippen LogP contribution in [-0.2, 0) is 6.61 Å². The van der Waals surface area contributed by atoms with E-state index in [1.807, 2.05) is 26.0 Å². The first-order chi connectivity index (χ1) is 11.0. The van der Waals surface area contributed by atoms with Crippen LogP contribution in [0, 0.1) is 13.8 Å². The van der Waals surface area contributed by atoms with Crippen LogP contribution in [-0.4, -0.2) is 17.1 Å². The molecule has 0 fully saturated rings. The number of nitrogens with zero attached hydrogens (tertiary/aromatic N) is 1. The fourth-order valence-corrected chi connectivity index (χ4v) is 2.35. The van der Waals surface area contributed by atoms with Crippen molar-refractivity contribution >= 4 is 5.91 Å². The zero-order chi connectivity index (χ0) is 16.8. The van der Waals surface area contributed by atoms with E-state index in [9.17, 15) is 4.79 Å². The van der Waals surface area contributed by atoms with Crippen LogP contribution >= 0.6 is 0 Å². The van der Waals surface area contributed by atoms with Crippen LogP contribution in [0.1, 0.15) is 54.1 Å². The number of carbonyl (C=O) groups excluding carboxylic acids is 1. The van der Waals surface area contributed by atoms with Crippen LogP contribution < -0.4 is 10.1 Å². The number of aryl methyl sites for hydroxylation is 2. The lowest BCUT2D eigenvalue weighted by Gasteiger charge is -2.15. The van der Waals surface area contributed by atoms with Crippen LogP contribution in [0.5, 0.6) is 5.75 Å². The number of nitrogens with one attached hydrogen (secondary N) is 1. The van der Waals surface area contributed by atoms with Crippen LogP contribution in [0.25, 0.3) is 0 Å². The van der Waals surface area contributed by atoms with E-state index in [0.29, 0.717) is 17.9 Å². The summed E-state index contributed by atoms with van der Waals surface area (Å²) in [5.41, 5.74) is 2.37. The van der Waals surface area contributed by atoms with E-state index in [1.54, 1.807) is 12.1 Å². The lowest BCUT2D eigenvalue weighted by atomic mass is 10.1. The standard InChI is InChI=1S/C18H24N2O3/c1-5-15(6-2)19-18(21)14-8-7-9-16(10-14)22-11-17-12(3)20-23-13(17)4/h7-10,15H,5-6,11H2,1-4H3,(H,19,21). The monoisotopic (exact) mass is 316 g/mol. The van der Waals surface area contributed by atoms with E-state index in [1.165, 1.54) is 0 Å². The summed E-state index contributed by atoms with van der Waals surface area (Å²) in [5, 5.41) is 6.93. The largest absolute Gasteiger partial charge is 0.489 e. The predicted molar refractivity (Wildman–Crippen MR) is 88.6 cm³/mol. The van der Waals surface area contributed by atoms with E-state index in [-0.39, 0.29) is 11.9 Å². The lowest BCUT2D eigenvalue weighted by molar-refractivity contribution is 0.0934. The number of hydrogen-bond donors (Lipinski definition) is 1. The van der Waals surface area contributed by atoms with Gasteiger partial charge in [0.15, 0.2) is 0 Å². The minimum absolute atomic E-state index is 0.0681. The number of benzene rings is 1. The number of aromatic nitrogens is 1. The Bertz CT molecular complexity index is 641. The van der Waals surface area contributed by atoms with Crippen molar-refractivity contribution in [2.75, 3.05) is 0 Å². The third-order valence-electron chi connectivity index (χ3n) is 3.98. The normalized spacial score (nSPS) is 10.8. The Morgan fingerprint density at radius 1 is 1.30 bits per heavy atom. The maximum atomic E-state index is 12.3. The van der Waals surface area contributed by atoms with Crippen molar-refractivity contribution in [3.63, 3.8) is 0 Å². The Morgan fingerprint density at radius 3 is 2.65 bits per heavy atom. The molecule has 0 aliphatic rings. The molecule has 5 heteroatoms. The van der Waals surface area contributed by atoms with Crippen molar-refractivity contribution in [2.24, 2.45) is 0 Å². The van der Waals surface area contributed by atoms with Crippen molar-refractivity contribution in [3.8, 4) is 5.75 Å². The van der Waals surface area contributed by atoms with Gasteiger partial charge in [0.25, 0.3) is 5.91 Å². The molecule has 1 aromatic carbocycles. The Balaban J connectivity index is 2.03. The fraction of sp³-hybridized carbons (Fsp3) is 0.444. The van der Waals surface area contributed by atoms with E-state index < -0.39 is 0 Å². The molecular formula is C18H24N2O3. The lowest BCUT2D eigenvalue weighted by Crippen LogP contribution is -2.33. The van der Waals surface area contributed by atoms with Gasteiger partial charge < -0.3 is 14.6 Å². The molecular weight excluding hydrogens is 292 g/mol. The molecule has 0 saturated carbocycles. The number of amides is 1. The van der Waals surface area contributed by atoms with E-state index in [4.69, 9.17) is 9.26 Å². The van der Waals surface area contributed by atoms with Gasteiger partial charge in [-0.05, 0) is 44.9 Å². The highest BCUT2D eigenvalue weighted by Crippen LogP contribution is 2.18. The number of ether oxygens (including phenoxy) is 1. The summed E-state index contributed by atoms with van der Waals surface area (Å²) in [6, 6.07) is 7.42. The Hall–Kier alpha value is -2.30. The van der Waals surface area contributed by atoms with Gasteiger partial charge in [0.05, 0.1) is 11.3 Å². The summed E-state index contributed by atoms with van der Waals surface area (Å²) >= 11 is 0. The summed E-state index contributed by atoms with van der Waals surface area (Å²) in [6.45, 7) is 8.25. The summed E-state index contributed by atoms with van der Waals surface area (Å²) < 4.78 is 10.9. The highest BCUT2D eigenvalue weighted by molar-refractivity contribution is 5.94. The number of rotatable bonds is 7. The molecule has 0 spiro atoms. The molecule has 1 amide bonds. The summed E-state index contributed by atoms with van der Waals surface area (Å²) in [6.07, 6.45) is 1.84. The molecule has 1 heterocycles. The Labute approximate surface area is 137 Å². The van der Waals surface area contributed by atoms with Gasteiger partial charge >= 0.3 is 0 Å². The summed E-state index contributed by atoms with van der Waals surface area (Å²) in [5.74, 6) is 1.34. The molecule has 0 saturated heterocycles. The molecule has 0 radical (unpaired) electrons. The first-order valence-electron chi connectivity index (χ1n) is 8.00. The molecule has 0 aliphatic heterocycles. The minimum atomic E-state index is -0.0681. The summed E-state index contributed by atoms with van der Waals surface area (Å²) in [7, 11) is 0. The van der Waals surface area contributed by atoms with Crippen molar-refractivity contribution in [1.29, 1.82) is 0 Å². The van der Waals surface area contributed by atoms with Crippen molar-refractivity contribution in [2.45, 2.75) is 53.2 Å². The average molecular weight is 316 g/mol. The quantitative estimate of drug-likeness (QED) is 0.844. The topological polar surface area (TPSA) is 64.4 Å². The van der Waals surface area contributed by atoms with Gasteiger partial charge in [-0.1, -0.05) is 25.1 Å². The van der Waals surface area contributed by atoms with Gasteiger partial charge in [0, 0.05) is 11.6 Å². The fourth-order valence-electron chi connectivity index (χ4n) is 2.35. The second kappa shape index (κ2) is 7.81. The average Bonchev–Trinajstić information content (AvgIpc) is 2.89. The van der Waals surface area contributed by atoms with Gasteiger partial charge in [-0.3, -0.25) is 4.79 Å². The van der Waals surface area contributed by atoms with Gasteiger partial charge in [0.1, 0.15) is 18.1 Å². The van der Waals surface area contributed by atoms with Crippen molar-refractivity contribution < 1.29 is 14.1 Å². The van der Waals surface area contributed by atoms with Crippen LogP contribution in [0.15, 0.2) is 28.8 Å². The second-order valence-corrected chi connectivity index (χ2v) is 5.61. The van der Waals surface area contributed by atoms with Crippen LogP contribution in [0.2, 0.25) is 0 Å². The highest BCUT2D eigenvalue weighted by Gasteiger charge is 2.13. The van der Waals surface area contributed by atoms with Gasteiger partial charge in [-0.2, -0.15) is 0 Å². The van der Waals surface area contributed by atoms with Crippen molar-refractivity contribution in [1.82, 2.24) is 10.5 Å². The van der Waals surface area contributed by atoms with Gasteiger partial charge in [-0.25, -0.2) is 0 Å². The second-order valence-electron chi connectivity index (χ2n) is 5.61. The predicted octanol–water partition coefficient (Wildman–Crippen LogP) is 3.79. The van der Waals surface area contributed by atoms with Crippen LogP contribution in [0.3, 0.4) is 0 Å². The SMILES string of the molecule is CCC(CC)NC(=O)c1cccc(OCc2c(C)noc2C)c1. The molecule has 0 aliphatic carbocycles. The molecule has 2 rings (SSSR count). The third-order valence-corrected chi connectivity index (χ3v) is 3.98. The first-order valence-corrected chi connectivity index (χ1v) is 8.00. The molecule has 2 aromatic rings. The maximum absolute atomic E-state index is 12.3. The molecule has 0 atom stereocenters. The van der Waals surface area contributed by atoms with Gasteiger partial charge in [0.2, 0.25) is 0 Å². The summed E-state index contributed by atoms with van der Waals surface area (Å²) in [4.78, 5) is 12.3. The number of carbonyl (C=O) groups is 1. The zero-order valence-corrected chi connectivity index (χ0v) is 14.2. The third kappa shape index (κ3) is 4.34. The first kappa shape index (κ1) is 17.1. The number of hydrogen-bond acceptors (Lipinski definition) is 4. The molecule has 5 nitrogen and oxygen atoms in total. The zero-order valence-electron chi connectivity index (χ0n) is 14.2. The molecule has 0 unspecified atom stereocenters. The van der Waals surface area contributed by atoms with Gasteiger partial charge in [-0.15, -0.1) is 0 Å². The highest BCUT2D eigenvalue weighted by atomic mass is 16.5. The van der Waals surface area contributed by atoms with Crippen molar-refractivity contribution in [3.05, 3.63) is 46.8 Å². The van der Waals surface area contributed by atoms with E-state index >= 15 is 0 Å². The molecule has 124 valence electrons. The molecule has 0 bridgehead atoms. The molecule has 1 N–H and O–H groups in total. The Morgan fingerprint density at radius 2 is 2.04 bits per heavy atom. The Kier molecular flexibility index (Phi) is 5.79. The minimum Gasteiger partial charge on any atom is -0.489 e. The molecule has 1 aromatic heterocycles. The van der Waals surface area contributed by atoms with E-state index in [0.717, 1.165) is 29.9 Å². The smallest absolute Gasteiger partial charge is 0.251 e. The maximum Gasteiger partial charge on any atom is 0.251 e.